The molecule has 2 N–H and O–H groups in total. The molecule has 3 aliphatic heterocycles. The van der Waals surface area contributed by atoms with Gasteiger partial charge in [-0.2, -0.15) is 0 Å². The van der Waals surface area contributed by atoms with Gasteiger partial charge in [0.2, 0.25) is 17.7 Å². The van der Waals surface area contributed by atoms with Gasteiger partial charge in [-0.25, -0.2) is 0 Å². The van der Waals surface area contributed by atoms with E-state index in [1.807, 2.05) is 49.4 Å². The molecule has 7 nitrogen and oxygen atoms in total. The van der Waals surface area contributed by atoms with E-state index in [0.29, 0.717) is 27.6 Å². The van der Waals surface area contributed by atoms with Gasteiger partial charge in [0.05, 0.1) is 24.0 Å². The van der Waals surface area contributed by atoms with Gasteiger partial charge in [0, 0.05) is 21.8 Å². The molecule has 9 atom stereocenters. The summed E-state index contributed by atoms with van der Waals surface area (Å²) < 4.78 is 6.51. The third-order valence-corrected chi connectivity index (χ3v) is 10.2. The van der Waals surface area contributed by atoms with Gasteiger partial charge in [0.15, 0.2) is 0 Å². The number of hydrogen-bond acceptors (Lipinski definition) is 4. The summed E-state index contributed by atoms with van der Waals surface area (Å²) in [4.78, 5) is 44.1. The first-order valence-electron chi connectivity index (χ1n) is 14.4. The highest BCUT2D eigenvalue weighted by molar-refractivity contribution is 6.35. The molecule has 2 aromatic rings. The predicted octanol–water partition coefficient (Wildman–Crippen LogP) is 5.78. The normalized spacial score (nSPS) is 34.4. The highest BCUT2D eigenvalue weighted by Crippen LogP contribution is 2.57. The second-order valence-corrected chi connectivity index (χ2v) is 12.9. The van der Waals surface area contributed by atoms with E-state index in [9.17, 15) is 14.4 Å². The molecule has 2 saturated heterocycles. The van der Waals surface area contributed by atoms with Crippen molar-refractivity contribution < 1.29 is 19.1 Å². The Kier molecular flexibility index (Phi) is 7.41. The summed E-state index contributed by atoms with van der Waals surface area (Å²) in [6.07, 6.45) is 6.12. The average molecular weight is 597 g/mol. The monoisotopic (exact) mass is 595 g/mol. The molecular weight excluding hydrogens is 561 g/mol. The summed E-state index contributed by atoms with van der Waals surface area (Å²) >= 11 is 12.3. The number of amides is 3. The standard InChI is InChI=1S/C32H35Cl2N3O4/c1-17-8-7-11-24(18(17)2)36-30(39)28-32-13-12-25(41-32)26(29(38)35-23-15-21(33)14-22(34)16-23)27(32)31(40)37(28)19(3)20-9-5-4-6-10-20/h4-6,9-10,12-19,24-28H,7-8,11H2,1-3H3,(H,35,38)(H,36,39)/t17-,18-,19-,24+,25+,26+,27+,28+,32+/m1/s1. The van der Waals surface area contributed by atoms with Crippen molar-refractivity contribution in [3.05, 3.63) is 76.3 Å². The van der Waals surface area contributed by atoms with Gasteiger partial charge in [-0.1, -0.05) is 92.4 Å². The number of likely N-dealkylation sites (tertiary alicyclic amines) is 1. The largest absolute Gasteiger partial charge is 0.359 e. The molecule has 1 saturated carbocycles. The minimum atomic E-state index is -1.24. The van der Waals surface area contributed by atoms with E-state index in [2.05, 4.69) is 24.5 Å². The number of benzene rings is 2. The Bertz CT molecular complexity index is 1380. The second kappa shape index (κ2) is 10.8. The van der Waals surface area contributed by atoms with Gasteiger partial charge >= 0.3 is 0 Å². The first kappa shape index (κ1) is 28.3. The minimum absolute atomic E-state index is 0.0138. The van der Waals surface area contributed by atoms with Crippen LogP contribution in [-0.2, 0) is 19.1 Å². The lowest BCUT2D eigenvalue weighted by molar-refractivity contribution is -0.144. The first-order chi connectivity index (χ1) is 19.6. The maximum absolute atomic E-state index is 14.4. The van der Waals surface area contributed by atoms with Crippen molar-refractivity contribution in [2.75, 3.05) is 5.32 Å². The molecule has 1 spiro atoms. The number of carbonyl (C=O) groups is 3. The van der Waals surface area contributed by atoms with Gasteiger partial charge in [0.25, 0.3) is 0 Å². The average Bonchev–Trinajstić information content (AvgIpc) is 3.58. The number of fused-ring (bicyclic) bond motifs is 1. The number of carbonyl (C=O) groups excluding carboxylic acids is 3. The molecule has 3 heterocycles. The molecule has 0 radical (unpaired) electrons. The Balaban J connectivity index is 1.35. The van der Waals surface area contributed by atoms with Gasteiger partial charge in [-0.3, -0.25) is 14.4 Å². The molecule has 2 bridgehead atoms. The van der Waals surface area contributed by atoms with Crippen LogP contribution in [-0.4, -0.2) is 46.4 Å². The van der Waals surface area contributed by atoms with Crippen molar-refractivity contribution >= 4 is 46.6 Å². The first-order valence-corrected chi connectivity index (χ1v) is 15.2. The summed E-state index contributed by atoms with van der Waals surface area (Å²) in [5.74, 6) is -1.72. The van der Waals surface area contributed by atoms with Crippen LogP contribution in [0.5, 0.6) is 0 Å². The topological polar surface area (TPSA) is 87.7 Å². The van der Waals surface area contributed by atoms with Crippen LogP contribution in [0, 0.1) is 23.7 Å². The maximum atomic E-state index is 14.4. The third-order valence-electron chi connectivity index (χ3n) is 9.73. The van der Waals surface area contributed by atoms with Gasteiger partial charge < -0.3 is 20.3 Å². The van der Waals surface area contributed by atoms with Gasteiger partial charge in [-0.05, 0) is 48.9 Å². The molecule has 216 valence electrons. The molecule has 0 aromatic heterocycles. The fourth-order valence-corrected chi connectivity index (χ4v) is 7.94. The van der Waals surface area contributed by atoms with Gasteiger partial charge in [-0.15, -0.1) is 0 Å². The van der Waals surface area contributed by atoms with Crippen molar-refractivity contribution in [1.82, 2.24) is 10.2 Å². The Morgan fingerprint density at radius 2 is 1.76 bits per heavy atom. The Labute approximate surface area is 250 Å². The lowest BCUT2D eigenvalue weighted by atomic mass is 9.73. The quantitative estimate of drug-likeness (QED) is 0.414. The third kappa shape index (κ3) is 4.76. The Morgan fingerprint density at radius 1 is 1.05 bits per heavy atom. The Morgan fingerprint density at radius 3 is 2.46 bits per heavy atom. The highest BCUT2D eigenvalue weighted by atomic mass is 35.5. The van der Waals surface area contributed by atoms with Crippen LogP contribution in [0.1, 0.15) is 51.6 Å². The lowest BCUT2D eigenvalue weighted by Gasteiger charge is -2.39. The van der Waals surface area contributed by atoms with Crippen LogP contribution in [0.25, 0.3) is 0 Å². The molecule has 3 amide bonds. The smallest absolute Gasteiger partial charge is 0.246 e. The zero-order chi connectivity index (χ0) is 29.1. The second-order valence-electron chi connectivity index (χ2n) is 12.1. The van der Waals surface area contributed by atoms with Crippen molar-refractivity contribution in [3.63, 3.8) is 0 Å². The molecular formula is C32H35Cl2N3O4. The predicted molar refractivity (Wildman–Crippen MR) is 158 cm³/mol. The number of rotatable bonds is 6. The summed E-state index contributed by atoms with van der Waals surface area (Å²) in [5.41, 5.74) is 0.0950. The van der Waals surface area contributed by atoms with Crippen LogP contribution in [0.15, 0.2) is 60.7 Å². The van der Waals surface area contributed by atoms with E-state index in [-0.39, 0.29) is 23.8 Å². The number of nitrogens with zero attached hydrogens (tertiary/aromatic N) is 1. The molecule has 1 aliphatic carbocycles. The molecule has 0 unspecified atom stereocenters. The van der Waals surface area contributed by atoms with E-state index in [4.69, 9.17) is 27.9 Å². The van der Waals surface area contributed by atoms with E-state index in [1.54, 1.807) is 23.1 Å². The molecule has 2 aromatic carbocycles. The number of nitrogens with one attached hydrogen (secondary N) is 2. The summed E-state index contributed by atoms with van der Waals surface area (Å²) in [6.45, 7) is 6.33. The molecule has 6 rings (SSSR count). The summed E-state index contributed by atoms with van der Waals surface area (Å²) in [7, 11) is 0. The number of anilines is 1. The fourth-order valence-electron chi connectivity index (χ4n) is 7.41. The van der Waals surface area contributed by atoms with Crippen molar-refractivity contribution in [3.8, 4) is 0 Å². The SMILES string of the molecule is C[C@@H]1[C@H](C)CCC[C@@H]1NC(=O)[C@@H]1N([C@H](C)c2ccccc2)C(=O)[C@@H]2[C@@H](C(=O)Nc3cc(Cl)cc(Cl)c3)[C@@H]3C=C[C@]21O3. The lowest BCUT2D eigenvalue weighted by Crippen LogP contribution is -2.58. The van der Waals surface area contributed by atoms with Crippen molar-refractivity contribution in [2.45, 2.75) is 69.9 Å². The summed E-state index contributed by atoms with van der Waals surface area (Å²) in [5, 5.41) is 6.96. The van der Waals surface area contributed by atoms with Crippen molar-refractivity contribution in [1.29, 1.82) is 0 Å². The fraction of sp³-hybridized carbons (Fsp3) is 0.469. The van der Waals surface area contributed by atoms with E-state index in [1.165, 1.54) is 0 Å². The number of halogens is 2. The van der Waals surface area contributed by atoms with E-state index in [0.717, 1.165) is 24.8 Å². The zero-order valence-electron chi connectivity index (χ0n) is 23.3. The number of hydrogen-bond donors (Lipinski definition) is 2. The van der Waals surface area contributed by atoms with Crippen LogP contribution in [0.4, 0.5) is 5.69 Å². The number of ether oxygens (including phenoxy) is 1. The highest BCUT2D eigenvalue weighted by Gasteiger charge is 2.73. The van der Waals surface area contributed by atoms with Gasteiger partial charge in [0.1, 0.15) is 11.6 Å². The molecule has 3 fully saturated rings. The Hall–Kier alpha value is -2.87. The molecule has 9 heteroatoms. The molecule has 41 heavy (non-hydrogen) atoms. The van der Waals surface area contributed by atoms with Crippen LogP contribution >= 0.6 is 23.2 Å². The van der Waals surface area contributed by atoms with E-state index >= 15 is 0 Å². The zero-order valence-corrected chi connectivity index (χ0v) is 24.9. The molecule has 4 aliphatic rings. The van der Waals surface area contributed by atoms with Crippen LogP contribution in [0.2, 0.25) is 10.0 Å². The van der Waals surface area contributed by atoms with E-state index < -0.39 is 35.6 Å². The van der Waals surface area contributed by atoms with Crippen LogP contribution < -0.4 is 10.6 Å². The summed E-state index contributed by atoms with van der Waals surface area (Å²) in [6, 6.07) is 13.1. The van der Waals surface area contributed by atoms with Crippen molar-refractivity contribution in [2.24, 2.45) is 23.7 Å². The van der Waals surface area contributed by atoms with Crippen LogP contribution in [0.3, 0.4) is 0 Å². The minimum Gasteiger partial charge on any atom is -0.359 e. The maximum Gasteiger partial charge on any atom is 0.246 e.